The van der Waals surface area contributed by atoms with Crippen molar-refractivity contribution in [2.45, 2.75) is 12.6 Å². The van der Waals surface area contributed by atoms with E-state index < -0.39 is 6.10 Å². The van der Waals surface area contributed by atoms with Gasteiger partial charge in [-0.2, -0.15) is 0 Å². The molecule has 4 rings (SSSR count). The van der Waals surface area contributed by atoms with E-state index in [4.69, 9.17) is 0 Å². The standard InChI is InChI=1S/C18H19N5OS2.HI/c1-19-17(20-9-13-11-23-6-7-25-18(23)22-13)21-10-14(24)16-8-12-4-2-3-5-15(12)26-16;/h2-8,11,14,24H,9-10H2,1H3,(H2,19,20,21);1H. The first-order valence-electron chi connectivity index (χ1n) is 8.25. The van der Waals surface area contributed by atoms with E-state index in [9.17, 15) is 5.11 Å². The number of fused-ring (bicyclic) bond motifs is 2. The van der Waals surface area contributed by atoms with Crippen LogP contribution in [0.2, 0.25) is 0 Å². The number of imidazole rings is 1. The molecule has 3 N–H and O–H groups in total. The maximum Gasteiger partial charge on any atom is 0.193 e. The van der Waals surface area contributed by atoms with Gasteiger partial charge in [0.05, 0.1) is 12.2 Å². The van der Waals surface area contributed by atoms with Crippen molar-refractivity contribution in [2.24, 2.45) is 4.99 Å². The van der Waals surface area contributed by atoms with Crippen LogP contribution in [0.15, 0.2) is 53.1 Å². The minimum atomic E-state index is -0.580. The highest BCUT2D eigenvalue weighted by atomic mass is 127. The van der Waals surface area contributed by atoms with Crippen molar-refractivity contribution in [3.05, 3.63) is 58.7 Å². The number of aliphatic hydroxyl groups is 1. The fourth-order valence-electron chi connectivity index (χ4n) is 2.72. The van der Waals surface area contributed by atoms with Crippen molar-refractivity contribution < 1.29 is 5.11 Å². The van der Waals surface area contributed by atoms with Gasteiger partial charge in [0.1, 0.15) is 6.10 Å². The lowest BCUT2D eigenvalue weighted by Crippen LogP contribution is -2.38. The van der Waals surface area contributed by atoms with Gasteiger partial charge in [-0.05, 0) is 17.5 Å². The maximum absolute atomic E-state index is 10.5. The van der Waals surface area contributed by atoms with Crippen LogP contribution in [0.5, 0.6) is 0 Å². The maximum atomic E-state index is 10.5. The normalized spacial score (nSPS) is 12.9. The largest absolute Gasteiger partial charge is 0.386 e. The Morgan fingerprint density at radius 3 is 2.96 bits per heavy atom. The van der Waals surface area contributed by atoms with Gasteiger partial charge in [-0.1, -0.05) is 18.2 Å². The fourth-order valence-corrected chi connectivity index (χ4v) is 4.49. The molecule has 3 heterocycles. The second-order valence-corrected chi connectivity index (χ2v) is 7.82. The third-order valence-electron chi connectivity index (χ3n) is 4.04. The molecule has 4 aromatic rings. The van der Waals surface area contributed by atoms with Gasteiger partial charge in [-0.3, -0.25) is 9.39 Å². The average Bonchev–Trinajstić information content (AvgIpc) is 3.35. The number of hydrogen-bond acceptors (Lipinski definition) is 5. The molecule has 0 aliphatic rings. The second-order valence-electron chi connectivity index (χ2n) is 5.83. The van der Waals surface area contributed by atoms with Crippen LogP contribution in [0.1, 0.15) is 16.7 Å². The zero-order valence-electron chi connectivity index (χ0n) is 14.6. The molecular formula is C18H20IN5OS2. The first-order chi connectivity index (χ1) is 12.7. The molecule has 0 aliphatic carbocycles. The van der Waals surface area contributed by atoms with E-state index in [0.29, 0.717) is 19.0 Å². The molecule has 142 valence electrons. The molecule has 0 bridgehead atoms. The number of aliphatic imine (C=N–C) groups is 1. The van der Waals surface area contributed by atoms with Crippen molar-refractivity contribution in [1.82, 2.24) is 20.0 Å². The summed E-state index contributed by atoms with van der Waals surface area (Å²) in [6, 6.07) is 10.2. The summed E-state index contributed by atoms with van der Waals surface area (Å²) >= 11 is 3.22. The zero-order chi connectivity index (χ0) is 17.9. The Balaban J connectivity index is 0.00000210. The first kappa shape index (κ1) is 20.1. The van der Waals surface area contributed by atoms with Crippen LogP contribution in [0, 0.1) is 0 Å². The number of hydrogen-bond donors (Lipinski definition) is 3. The van der Waals surface area contributed by atoms with E-state index in [1.54, 1.807) is 29.7 Å². The number of thiazole rings is 1. The van der Waals surface area contributed by atoms with Crippen LogP contribution in [-0.2, 0) is 6.54 Å². The lowest BCUT2D eigenvalue weighted by molar-refractivity contribution is 0.184. The number of aliphatic hydroxyl groups excluding tert-OH is 1. The number of rotatable bonds is 5. The topological polar surface area (TPSA) is 74.0 Å². The van der Waals surface area contributed by atoms with Gasteiger partial charge in [0.2, 0.25) is 0 Å². The van der Waals surface area contributed by atoms with Crippen LogP contribution in [0.25, 0.3) is 15.0 Å². The molecule has 0 fully saturated rings. The molecule has 0 radical (unpaired) electrons. The summed E-state index contributed by atoms with van der Waals surface area (Å²) in [5, 5.41) is 20.0. The van der Waals surface area contributed by atoms with E-state index in [-0.39, 0.29) is 24.0 Å². The third-order valence-corrected chi connectivity index (χ3v) is 6.03. The Morgan fingerprint density at radius 1 is 1.33 bits per heavy atom. The van der Waals surface area contributed by atoms with E-state index in [1.165, 1.54) is 4.70 Å². The monoisotopic (exact) mass is 513 g/mol. The first-order valence-corrected chi connectivity index (χ1v) is 9.94. The summed E-state index contributed by atoms with van der Waals surface area (Å²) in [5.41, 5.74) is 0.949. The van der Waals surface area contributed by atoms with Crippen LogP contribution in [-0.4, -0.2) is 34.0 Å². The molecule has 6 nitrogen and oxygen atoms in total. The number of nitrogens with zero attached hydrogens (tertiary/aromatic N) is 3. The van der Waals surface area contributed by atoms with Crippen LogP contribution in [0.4, 0.5) is 0 Å². The third kappa shape index (κ3) is 4.60. The Morgan fingerprint density at radius 2 is 2.19 bits per heavy atom. The van der Waals surface area contributed by atoms with E-state index in [2.05, 4.69) is 32.7 Å². The smallest absolute Gasteiger partial charge is 0.193 e. The molecule has 1 aromatic carbocycles. The van der Waals surface area contributed by atoms with Crippen molar-refractivity contribution in [3.8, 4) is 0 Å². The Hall–Kier alpha value is -1.69. The molecule has 0 spiro atoms. The summed E-state index contributed by atoms with van der Waals surface area (Å²) < 4.78 is 3.19. The van der Waals surface area contributed by atoms with E-state index in [0.717, 1.165) is 20.9 Å². The molecule has 3 aromatic heterocycles. The summed E-state index contributed by atoms with van der Waals surface area (Å²) in [6.07, 6.45) is 3.41. The number of halogens is 1. The summed E-state index contributed by atoms with van der Waals surface area (Å²) in [4.78, 5) is 10.7. The van der Waals surface area contributed by atoms with Gasteiger partial charge in [0.15, 0.2) is 10.9 Å². The predicted molar refractivity (Wildman–Crippen MR) is 123 cm³/mol. The number of benzene rings is 1. The highest BCUT2D eigenvalue weighted by Crippen LogP contribution is 2.29. The second kappa shape index (κ2) is 9.00. The summed E-state index contributed by atoms with van der Waals surface area (Å²) in [5.74, 6) is 0.640. The Bertz CT molecular complexity index is 993. The van der Waals surface area contributed by atoms with E-state index in [1.807, 2.05) is 40.4 Å². The van der Waals surface area contributed by atoms with Crippen molar-refractivity contribution >= 4 is 67.7 Å². The molecule has 9 heteroatoms. The van der Waals surface area contributed by atoms with Crippen LogP contribution >= 0.6 is 46.7 Å². The Labute approximate surface area is 182 Å². The molecule has 0 aliphatic heterocycles. The van der Waals surface area contributed by atoms with Gasteiger partial charge in [-0.15, -0.1) is 46.7 Å². The molecule has 27 heavy (non-hydrogen) atoms. The quantitative estimate of drug-likeness (QED) is 0.217. The minimum absolute atomic E-state index is 0. The van der Waals surface area contributed by atoms with Crippen molar-refractivity contribution in [2.75, 3.05) is 13.6 Å². The highest BCUT2D eigenvalue weighted by Gasteiger charge is 2.12. The summed E-state index contributed by atoms with van der Waals surface area (Å²) in [6.45, 7) is 0.970. The van der Waals surface area contributed by atoms with Crippen molar-refractivity contribution in [3.63, 3.8) is 0 Å². The van der Waals surface area contributed by atoms with E-state index >= 15 is 0 Å². The number of nitrogens with one attached hydrogen (secondary N) is 2. The van der Waals surface area contributed by atoms with Gasteiger partial charge in [0.25, 0.3) is 0 Å². The Kier molecular flexibility index (Phi) is 6.68. The molecule has 0 saturated carbocycles. The lowest BCUT2D eigenvalue weighted by Gasteiger charge is -2.14. The SMILES string of the molecule is CN=C(NCc1cn2ccsc2n1)NCC(O)c1cc2ccccc2s1.I. The van der Waals surface area contributed by atoms with Crippen LogP contribution < -0.4 is 10.6 Å². The zero-order valence-corrected chi connectivity index (χ0v) is 18.6. The predicted octanol–water partition coefficient (Wildman–Crippen LogP) is 3.63. The van der Waals surface area contributed by atoms with Gasteiger partial charge in [-0.25, -0.2) is 4.98 Å². The van der Waals surface area contributed by atoms with Crippen molar-refractivity contribution in [1.29, 1.82) is 0 Å². The lowest BCUT2D eigenvalue weighted by atomic mass is 10.2. The average molecular weight is 513 g/mol. The number of thiophene rings is 1. The minimum Gasteiger partial charge on any atom is -0.386 e. The van der Waals surface area contributed by atoms with Gasteiger partial charge >= 0.3 is 0 Å². The van der Waals surface area contributed by atoms with Gasteiger partial charge < -0.3 is 15.7 Å². The molecule has 0 saturated heterocycles. The molecule has 0 amide bonds. The summed E-state index contributed by atoms with van der Waals surface area (Å²) in [7, 11) is 1.72. The highest BCUT2D eigenvalue weighted by molar-refractivity contribution is 14.0. The molecule has 1 unspecified atom stereocenters. The number of guanidine groups is 1. The van der Waals surface area contributed by atoms with Crippen LogP contribution in [0.3, 0.4) is 0 Å². The fraction of sp³-hybridized carbons (Fsp3) is 0.222. The number of aromatic nitrogens is 2. The molecular weight excluding hydrogens is 493 g/mol. The molecule has 1 atom stereocenters. The van der Waals surface area contributed by atoms with Gasteiger partial charge in [0, 0.05) is 40.9 Å².